The van der Waals surface area contributed by atoms with E-state index < -0.39 is 8.56 Å². The van der Waals surface area contributed by atoms with Crippen LogP contribution in [0.3, 0.4) is 0 Å². The second-order valence-corrected chi connectivity index (χ2v) is 8.01. The molecule has 0 atom stereocenters. The van der Waals surface area contributed by atoms with Crippen LogP contribution in [0.15, 0.2) is 0 Å². The minimum Gasteiger partial charge on any atom is -0.398 e. The smallest absolute Gasteiger partial charge is 0.334 e. The van der Waals surface area contributed by atoms with Gasteiger partial charge in [0.25, 0.3) is 0 Å². The van der Waals surface area contributed by atoms with Gasteiger partial charge in [-0.25, -0.2) is 0 Å². The third-order valence-corrected chi connectivity index (χ3v) is 6.34. The number of hydrogen-bond acceptors (Lipinski definition) is 4. The predicted octanol–water partition coefficient (Wildman–Crippen LogP) is 1.67. The van der Waals surface area contributed by atoms with Crippen LogP contribution in [0.5, 0.6) is 0 Å². The average molecular weight is 262 g/mol. The molecule has 0 aromatic rings. The molecule has 0 aliphatic rings. The van der Waals surface area contributed by atoms with Gasteiger partial charge in [0.1, 0.15) is 0 Å². The highest BCUT2D eigenvalue weighted by Crippen LogP contribution is 2.12. The Hall–Kier alpha value is 0.0569. The molecule has 0 radical (unpaired) electrons. The first-order chi connectivity index (χ1) is 8.11. The largest absolute Gasteiger partial charge is 0.398 e. The fourth-order valence-electron chi connectivity index (χ4n) is 1.72. The SMILES string of the molecule is CCN(CC)CCNCCC[Si](C)(OC)OC. The lowest BCUT2D eigenvalue weighted by molar-refractivity contribution is 0.248. The van der Waals surface area contributed by atoms with Gasteiger partial charge in [0.05, 0.1) is 0 Å². The van der Waals surface area contributed by atoms with E-state index in [0.717, 1.165) is 45.2 Å². The van der Waals surface area contributed by atoms with Gasteiger partial charge in [0.2, 0.25) is 0 Å². The van der Waals surface area contributed by atoms with Crippen molar-refractivity contribution in [1.82, 2.24) is 10.2 Å². The van der Waals surface area contributed by atoms with Gasteiger partial charge in [-0.15, -0.1) is 0 Å². The molecule has 4 nitrogen and oxygen atoms in total. The fraction of sp³-hybridized carbons (Fsp3) is 1.00. The van der Waals surface area contributed by atoms with E-state index in [1.807, 2.05) is 0 Å². The zero-order valence-corrected chi connectivity index (χ0v) is 13.2. The summed E-state index contributed by atoms with van der Waals surface area (Å²) in [5.74, 6) is 0. The molecule has 0 aromatic carbocycles. The zero-order valence-electron chi connectivity index (χ0n) is 12.2. The minimum atomic E-state index is -1.84. The molecule has 0 spiro atoms. The molecule has 0 rings (SSSR count). The van der Waals surface area contributed by atoms with Crippen LogP contribution in [0.4, 0.5) is 0 Å². The van der Waals surface area contributed by atoms with Gasteiger partial charge in [-0.3, -0.25) is 0 Å². The van der Waals surface area contributed by atoms with E-state index in [1.54, 1.807) is 14.2 Å². The minimum absolute atomic E-state index is 1.05. The molecule has 0 saturated carbocycles. The Balaban J connectivity index is 3.46. The number of rotatable bonds is 11. The van der Waals surface area contributed by atoms with E-state index in [9.17, 15) is 0 Å². The molecule has 1 N–H and O–H groups in total. The fourth-order valence-corrected chi connectivity index (χ4v) is 3.12. The van der Waals surface area contributed by atoms with Crippen molar-refractivity contribution in [3.8, 4) is 0 Å². The van der Waals surface area contributed by atoms with Gasteiger partial charge in [-0.05, 0) is 38.6 Å². The van der Waals surface area contributed by atoms with Crippen molar-refractivity contribution >= 4 is 8.56 Å². The average Bonchev–Trinajstić information content (AvgIpc) is 2.37. The van der Waals surface area contributed by atoms with Crippen LogP contribution in [0, 0.1) is 0 Å². The van der Waals surface area contributed by atoms with E-state index >= 15 is 0 Å². The van der Waals surface area contributed by atoms with Crippen LogP contribution in [0.2, 0.25) is 12.6 Å². The summed E-state index contributed by atoms with van der Waals surface area (Å²) in [6, 6.07) is 1.05. The van der Waals surface area contributed by atoms with Crippen molar-refractivity contribution in [2.45, 2.75) is 32.9 Å². The van der Waals surface area contributed by atoms with Crippen LogP contribution in [0.25, 0.3) is 0 Å². The van der Waals surface area contributed by atoms with E-state index in [4.69, 9.17) is 8.85 Å². The van der Waals surface area contributed by atoms with Crippen LogP contribution in [-0.4, -0.2) is 60.4 Å². The maximum Gasteiger partial charge on any atom is 0.334 e. The van der Waals surface area contributed by atoms with Gasteiger partial charge < -0.3 is 19.1 Å². The Morgan fingerprint density at radius 3 is 2.12 bits per heavy atom. The number of likely N-dealkylation sites (N-methyl/N-ethyl adjacent to an activating group) is 1. The molecule has 0 fully saturated rings. The molecule has 5 heteroatoms. The van der Waals surface area contributed by atoms with Gasteiger partial charge in [-0.2, -0.15) is 0 Å². The first-order valence-electron chi connectivity index (χ1n) is 6.65. The van der Waals surface area contributed by atoms with Crippen molar-refractivity contribution in [2.24, 2.45) is 0 Å². The lowest BCUT2D eigenvalue weighted by atomic mass is 10.4. The Kier molecular flexibility index (Phi) is 10.1. The van der Waals surface area contributed by atoms with E-state index in [-0.39, 0.29) is 0 Å². The second kappa shape index (κ2) is 10.0. The highest BCUT2D eigenvalue weighted by molar-refractivity contribution is 6.65. The highest BCUT2D eigenvalue weighted by Gasteiger charge is 2.27. The molecular weight excluding hydrogens is 232 g/mol. The van der Waals surface area contributed by atoms with Crippen LogP contribution in [-0.2, 0) is 8.85 Å². The van der Waals surface area contributed by atoms with Crippen molar-refractivity contribution in [2.75, 3.05) is 46.9 Å². The molecule has 0 unspecified atom stereocenters. The first kappa shape index (κ1) is 17.1. The summed E-state index contributed by atoms with van der Waals surface area (Å²) < 4.78 is 10.9. The summed E-state index contributed by atoms with van der Waals surface area (Å²) in [5.41, 5.74) is 0. The molecule has 0 bridgehead atoms. The van der Waals surface area contributed by atoms with Crippen LogP contribution < -0.4 is 5.32 Å². The third-order valence-electron chi connectivity index (χ3n) is 3.35. The monoisotopic (exact) mass is 262 g/mol. The normalized spacial score (nSPS) is 12.4. The van der Waals surface area contributed by atoms with Crippen LogP contribution in [0.1, 0.15) is 20.3 Å². The Bertz CT molecular complexity index is 174. The molecule has 0 aliphatic heterocycles. The van der Waals surface area contributed by atoms with Crippen LogP contribution >= 0.6 is 0 Å². The number of nitrogens with one attached hydrogen (secondary N) is 1. The lowest BCUT2D eigenvalue weighted by Gasteiger charge is -2.22. The van der Waals surface area contributed by atoms with Gasteiger partial charge in [0.15, 0.2) is 0 Å². The summed E-state index contributed by atoms with van der Waals surface area (Å²) in [7, 11) is 1.66. The second-order valence-electron chi connectivity index (χ2n) is 4.42. The number of nitrogens with zero attached hydrogens (tertiary/aromatic N) is 1. The molecule has 0 aliphatic carbocycles. The summed E-state index contributed by atoms with van der Waals surface area (Å²) in [6.07, 6.45) is 1.13. The molecule has 0 aromatic heterocycles. The summed E-state index contributed by atoms with van der Waals surface area (Å²) in [5, 5.41) is 3.47. The van der Waals surface area contributed by atoms with Gasteiger partial charge in [-0.1, -0.05) is 13.8 Å². The Morgan fingerprint density at radius 2 is 1.65 bits per heavy atom. The molecule has 104 valence electrons. The maximum absolute atomic E-state index is 5.45. The molecular formula is C12H30N2O2Si. The van der Waals surface area contributed by atoms with Gasteiger partial charge >= 0.3 is 8.56 Å². The van der Waals surface area contributed by atoms with Crippen molar-refractivity contribution < 1.29 is 8.85 Å². The quantitative estimate of drug-likeness (QED) is 0.454. The lowest BCUT2D eigenvalue weighted by Crippen LogP contribution is -2.37. The van der Waals surface area contributed by atoms with Crippen molar-refractivity contribution in [3.63, 3.8) is 0 Å². The molecule has 17 heavy (non-hydrogen) atoms. The zero-order chi connectivity index (χ0) is 13.1. The van der Waals surface area contributed by atoms with Crippen molar-refractivity contribution in [1.29, 1.82) is 0 Å². The summed E-state index contributed by atoms with van der Waals surface area (Å²) >= 11 is 0. The standard InChI is InChI=1S/C12H30N2O2Si/c1-6-14(7-2)11-10-13-9-8-12-17(5,15-3)16-4/h13H,6-12H2,1-5H3. The topological polar surface area (TPSA) is 33.7 Å². The Labute approximate surface area is 108 Å². The van der Waals surface area contributed by atoms with Gasteiger partial charge in [0, 0.05) is 27.3 Å². The Morgan fingerprint density at radius 1 is 1.06 bits per heavy atom. The summed E-state index contributed by atoms with van der Waals surface area (Å²) in [4.78, 5) is 2.43. The highest BCUT2D eigenvalue weighted by atomic mass is 28.4. The van der Waals surface area contributed by atoms with E-state index in [2.05, 4.69) is 30.6 Å². The maximum atomic E-state index is 5.45. The van der Waals surface area contributed by atoms with E-state index in [1.165, 1.54) is 0 Å². The van der Waals surface area contributed by atoms with E-state index in [0.29, 0.717) is 0 Å². The molecule has 0 amide bonds. The first-order valence-corrected chi connectivity index (χ1v) is 9.17. The predicted molar refractivity (Wildman–Crippen MR) is 75.7 cm³/mol. The van der Waals surface area contributed by atoms with Crippen molar-refractivity contribution in [3.05, 3.63) is 0 Å². The molecule has 0 heterocycles. The molecule has 0 saturated heterocycles. The third kappa shape index (κ3) is 7.89. The summed E-state index contributed by atoms with van der Waals surface area (Å²) in [6.45, 7) is 12.1. The number of hydrogen-bond donors (Lipinski definition) is 1.